The van der Waals surface area contributed by atoms with E-state index < -0.39 is 5.91 Å². The van der Waals surface area contributed by atoms with Gasteiger partial charge in [0.15, 0.2) is 0 Å². The second-order valence-electron chi connectivity index (χ2n) is 6.20. The zero-order valence-corrected chi connectivity index (χ0v) is 18.6. The second kappa shape index (κ2) is 10.3. The molecule has 1 N–H and O–H groups in total. The molecule has 0 aliphatic heterocycles. The van der Waals surface area contributed by atoms with E-state index in [9.17, 15) is 10.1 Å². The Morgan fingerprint density at radius 1 is 1.10 bits per heavy atom. The molecule has 0 atom stereocenters. The number of carbonyl (C=O) groups excluding carboxylic acids is 1. The fourth-order valence-electron chi connectivity index (χ4n) is 2.56. The van der Waals surface area contributed by atoms with Crippen molar-refractivity contribution in [2.75, 3.05) is 5.32 Å². The van der Waals surface area contributed by atoms with Crippen LogP contribution in [0, 0.1) is 11.3 Å². The Balaban J connectivity index is 1.83. The number of nitrogens with zero attached hydrogens (tertiary/aromatic N) is 1. The van der Waals surface area contributed by atoms with Crippen LogP contribution in [0.1, 0.15) is 11.1 Å². The van der Waals surface area contributed by atoms with Gasteiger partial charge < -0.3 is 10.1 Å². The third-order valence-corrected chi connectivity index (χ3v) is 5.14. The molecule has 0 aliphatic rings. The Labute approximate surface area is 192 Å². The van der Waals surface area contributed by atoms with Crippen LogP contribution in [-0.2, 0) is 11.4 Å². The minimum Gasteiger partial charge on any atom is -0.488 e. The molecule has 0 saturated carbocycles. The molecular weight excluding hydrogens is 487 g/mol. The van der Waals surface area contributed by atoms with E-state index in [1.165, 1.54) is 6.08 Å². The largest absolute Gasteiger partial charge is 0.488 e. The van der Waals surface area contributed by atoms with Crippen LogP contribution < -0.4 is 10.1 Å². The lowest BCUT2D eigenvalue weighted by atomic mass is 10.1. The quantitative estimate of drug-likeness (QED) is 0.295. The molecule has 1 amide bonds. The number of anilines is 1. The van der Waals surface area contributed by atoms with E-state index in [-0.39, 0.29) is 5.57 Å². The maximum atomic E-state index is 12.6. The lowest BCUT2D eigenvalue weighted by Gasteiger charge is -2.11. The second-order valence-corrected chi connectivity index (χ2v) is 7.96. The average Bonchev–Trinajstić information content (AvgIpc) is 2.74. The molecule has 0 bridgehead atoms. The van der Waals surface area contributed by atoms with Gasteiger partial charge in [0, 0.05) is 15.1 Å². The Morgan fingerprint density at radius 3 is 2.53 bits per heavy atom. The van der Waals surface area contributed by atoms with Crippen molar-refractivity contribution in [3.05, 3.63) is 97.9 Å². The fourth-order valence-corrected chi connectivity index (χ4v) is 3.25. The summed E-state index contributed by atoms with van der Waals surface area (Å²) in [6.45, 7) is 0.313. The van der Waals surface area contributed by atoms with Crippen LogP contribution in [-0.4, -0.2) is 5.91 Å². The lowest BCUT2D eigenvalue weighted by Crippen LogP contribution is -2.13. The van der Waals surface area contributed by atoms with Crippen LogP contribution in [0.4, 0.5) is 5.69 Å². The predicted molar refractivity (Wildman–Crippen MR) is 124 cm³/mol. The van der Waals surface area contributed by atoms with Crippen LogP contribution in [0.3, 0.4) is 0 Å². The summed E-state index contributed by atoms with van der Waals surface area (Å²) in [5.74, 6) is -0.0272. The molecule has 0 unspecified atom stereocenters. The van der Waals surface area contributed by atoms with Gasteiger partial charge in [-0.05, 0) is 54.1 Å². The van der Waals surface area contributed by atoms with Gasteiger partial charge in [-0.2, -0.15) is 5.26 Å². The normalized spacial score (nSPS) is 10.9. The van der Waals surface area contributed by atoms with Gasteiger partial charge in [-0.25, -0.2) is 0 Å². The number of hydrogen-bond acceptors (Lipinski definition) is 3. The first-order valence-corrected chi connectivity index (χ1v) is 10.4. The summed E-state index contributed by atoms with van der Waals surface area (Å²) in [7, 11) is 0. The Hall–Kier alpha value is -2.78. The molecule has 3 aromatic carbocycles. The molecule has 3 rings (SSSR count). The molecular formula is C23H15BrCl2N2O2. The van der Waals surface area contributed by atoms with Crippen molar-refractivity contribution in [1.29, 1.82) is 5.26 Å². The molecule has 0 aromatic heterocycles. The molecule has 150 valence electrons. The first kappa shape index (κ1) is 21.9. The Kier molecular flexibility index (Phi) is 7.53. The molecule has 0 radical (unpaired) electrons. The van der Waals surface area contributed by atoms with Crippen molar-refractivity contribution in [3.8, 4) is 11.8 Å². The van der Waals surface area contributed by atoms with E-state index in [1.807, 2.05) is 24.3 Å². The topological polar surface area (TPSA) is 62.1 Å². The number of rotatable bonds is 6. The van der Waals surface area contributed by atoms with Gasteiger partial charge >= 0.3 is 0 Å². The number of para-hydroxylation sites is 1. The fraction of sp³-hybridized carbons (Fsp3) is 0.0435. The number of nitriles is 1. The van der Waals surface area contributed by atoms with E-state index in [4.69, 9.17) is 27.9 Å². The third kappa shape index (κ3) is 5.87. The van der Waals surface area contributed by atoms with Gasteiger partial charge in [-0.15, -0.1) is 0 Å². The van der Waals surface area contributed by atoms with Crippen molar-refractivity contribution < 1.29 is 9.53 Å². The smallest absolute Gasteiger partial charge is 0.266 e. The summed E-state index contributed by atoms with van der Waals surface area (Å²) in [4.78, 5) is 12.6. The highest BCUT2D eigenvalue weighted by molar-refractivity contribution is 9.10. The van der Waals surface area contributed by atoms with Crippen molar-refractivity contribution in [3.63, 3.8) is 0 Å². The molecule has 30 heavy (non-hydrogen) atoms. The molecule has 0 spiro atoms. The van der Waals surface area contributed by atoms with Crippen molar-refractivity contribution in [2.45, 2.75) is 6.61 Å². The van der Waals surface area contributed by atoms with E-state index in [0.29, 0.717) is 33.7 Å². The van der Waals surface area contributed by atoms with Crippen LogP contribution in [0.25, 0.3) is 6.08 Å². The van der Waals surface area contributed by atoms with Gasteiger partial charge in [-0.3, -0.25) is 4.79 Å². The van der Waals surface area contributed by atoms with Gasteiger partial charge in [0.2, 0.25) is 0 Å². The number of hydrogen-bond donors (Lipinski definition) is 1. The van der Waals surface area contributed by atoms with Gasteiger partial charge in [-0.1, -0.05) is 63.4 Å². The standard InChI is InChI=1S/C23H15BrCl2N2O2/c24-18-7-10-22(30-14-15-5-8-19(25)9-6-15)16(12-18)11-17(13-27)23(29)28-21-4-2-1-3-20(21)26/h1-12H,14H2,(H,28,29)/b17-11+. The van der Waals surface area contributed by atoms with Crippen molar-refractivity contribution >= 4 is 56.8 Å². The highest BCUT2D eigenvalue weighted by atomic mass is 79.9. The number of ether oxygens (including phenoxy) is 1. The highest BCUT2D eigenvalue weighted by Crippen LogP contribution is 2.27. The molecule has 3 aromatic rings. The molecule has 7 heteroatoms. The summed E-state index contributed by atoms with van der Waals surface area (Å²) in [6, 6.07) is 21.4. The summed E-state index contributed by atoms with van der Waals surface area (Å²) >= 11 is 15.4. The monoisotopic (exact) mass is 500 g/mol. The highest BCUT2D eigenvalue weighted by Gasteiger charge is 2.13. The van der Waals surface area contributed by atoms with Crippen molar-refractivity contribution in [2.24, 2.45) is 0 Å². The predicted octanol–water partition coefficient (Wildman–Crippen LogP) is 6.88. The summed E-state index contributed by atoms with van der Waals surface area (Å²) in [5, 5.41) is 13.2. The maximum Gasteiger partial charge on any atom is 0.266 e. The van der Waals surface area contributed by atoms with Gasteiger partial charge in [0.1, 0.15) is 24.0 Å². The Morgan fingerprint density at radius 2 is 1.83 bits per heavy atom. The number of nitrogens with one attached hydrogen (secondary N) is 1. The third-order valence-electron chi connectivity index (χ3n) is 4.07. The maximum absolute atomic E-state index is 12.6. The lowest BCUT2D eigenvalue weighted by molar-refractivity contribution is -0.112. The zero-order valence-electron chi connectivity index (χ0n) is 15.5. The van der Waals surface area contributed by atoms with Crippen LogP contribution in [0.5, 0.6) is 5.75 Å². The van der Waals surface area contributed by atoms with Gasteiger partial charge in [0.25, 0.3) is 5.91 Å². The van der Waals surface area contributed by atoms with E-state index >= 15 is 0 Å². The van der Waals surface area contributed by atoms with Crippen LogP contribution in [0.2, 0.25) is 10.0 Å². The summed E-state index contributed by atoms with van der Waals surface area (Å²) < 4.78 is 6.70. The summed E-state index contributed by atoms with van der Waals surface area (Å²) in [5.41, 5.74) is 1.88. The molecule has 0 saturated heterocycles. The van der Waals surface area contributed by atoms with E-state index in [0.717, 1.165) is 10.0 Å². The first-order chi connectivity index (χ1) is 14.5. The first-order valence-electron chi connectivity index (χ1n) is 8.81. The minimum absolute atomic E-state index is 0.0793. The molecule has 0 fully saturated rings. The minimum atomic E-state index is -0.561. The number of carbonyl (C=O) groups is 1. The van der Waals surface area contributed by atoms with Crippen molar-refractivity contribution in [1.82, 2.24) is 0 Å². The van der Waals surface area contributed by atoms with Crippen LogP contribution >= 0.6 is 39.1 Å². The van der Waals surface area contributed by atoms with E-state index in [1.54, 1.807) is 48.5 Å². The molecule has 0 aliphatic carbocycles. The number of halogens is 3. The molecule has 4 nitrogen and oxygen atoms in total. The van der Waals surface area contributed by atoms with Gasteiger partial charge in [0.05, 0.1) is 10.7 Å². The van der Waals surface area contributed by atoms with Crippen LogP contribution in [0.15, 0.2) is 76.8 Å². The van der Waals surface area contributed by atoms with E-state index in [2.05, 4.69) is 21.2 Å². The zero-order chi connectivity index (χ0) is 21.5. The Bertz CT molecular complexity index is 1140. The molecule has 0 heterocycles. The summed E-state index contributed by atoms with van der Waals surface area (Å²) in [6.07, 6.45) is 1.48. The number of amides is 1. The average molecular weight is 502 g/mol. The SMILES string of the molecule is N#C/C(=C\c1cc(Br)ccc1OCc1ccc(Cl)cc1)C(=O)Nc1ccccc1Cl. The number of benzene rings is 3.